The van der Waals surface area contributed by atoms with Gasteiger partial charge in [0.1, 0.15) is 11.6 Å². The first kappa shape index (κ1) is 17.1. The van der Waals surface area contributed by atoms with Crippen LogP contribution in [0.1, 0.15) is 5.56 Å². The maximum absolute atomic E-state index is 12.2. The number of amidine groups is 1. The van der Waals surface area contributed by atoms with Crippen LogP contribution in [0.15, 0.2) is 36.5 Å². The second kappa shape index (κ2) is 9.07. The molecule has 0 aliphatic carbocycles. The van der Waals surface area contributed by atoms with Gasteiger partial charge in [-0.25, -0.2) is 0 Å². The standard InChI is InChI=1S/C15H21N3O2S/c1-12-3-5-13(6-4-12)20-11-15(19)18(9-10-21-2)14(17)7-8-16/h3-8,17H,9-11,16H2,1-2H3/b8-7-,17-14?. The third kappa shape index (κ3) is 5.91. The number of hydrogen-bond acceptors (Lipinski definition) is 5. The lowest BCUT2D eigenvalue weighted by atomic mass is 10.2. The van der Waals surface area contributed by atoms with E-state index in [0.29, 0.717) is 12.3 Å². The Morgan fingerprint density at radius 3 is 2.67 bits per heavy atom. The molecule has 0 unspecified atom stereocenters. The molecule has 0 heterocycles. The van der Waals surface area contributed by atoms with Crippen molar-refractivity contribution in [1.29, 1.82) is 5.41 Å². The first-order valence-electron chi connectivity index (χ1n) is 6.54. The van der Waals surface area contributed by atoms with Gasteiger partial charge in [-0.1, -0.05) is 17.7 Å². The highest BCUT2D eigenvalue weighted by Gasteiger charge is 2.17. The van der Waals surface area contributed by atoms with Crippen LogP contribution >= 0.6 is 11.8 Å². The van der Waals surface area contributed by atoms with Crippen molar-refractivity contribution < 1.29 is 9.53 Å². The third-order valence-electron chi connectivity index (χ3n) is 2.75. The van der Waals surface area contributed by atoms with Gasteiger partial charge in [0.25, 0.3) is 5.91 Å². The molecular formula is C15H21N3O2S. The van der Waals surface area contributed by atoms with Crippen molar-refractivity contribution in [2.45, 2.75) is 6.92 Å². The molecule has 0 aliphatic rings. The number of carbonyl (C=O) groups excluding carboxylic acids is 1. The largest absolute Gasteiger partial charge is 0.484 e. The maximum Gasteiger partial charge on any atom is 0.266 e. The number of ether oxygens (including phenoxy) is 1. The van der Waals surface area contributed by atoms with Gasteiger partial charge in [-0.05, 0) is 37.6 Å². The Bertz CT molecular complexity index is 500. The molecule has 1 rings (SSSR count). The monoisotopic (exact) mass is 307 g/mol. The summed E-state index contributed by atoms with van der Waals surface area (Å²) in [7, 11) is 0. The Labute approximate surface area is 129 Å². The van der Waals surface area contributed by atoms with Gasteiger partial charge >= 0.3 is 0 Å². The highest BCUT2D eigenvalue weighted by Crippen LogP contribution is 2.11. The Kier molecular flexibility index (Phi) is 7.39. The zero-order valence-electron chi connectivity index (χ0n) is 12.3. The molecule has 0 spiro atoms. The van der Waals surface area contributed by atoms with Gasteiger partial charge in [-0.15, -0.1) is 0 Å². The molecule has 21 heavy (non-hydrogen) atoms. The minimum Gasteiger partial charge on any atom is -0.484 e. The fraction of sp³-hybridized carbons (Fsp3) is 0.333. The summed E-state index contributed by atoms with van der Waals surface area (Å²) >= 11 is 1.61. The Morgan fingerprint density at radius 2 is 2.10 bits per heavy atom. The van der Waals surface area contributed by atoms with Crippen LogP contribution in [0.25, 0.3) is 0 Å². The van der Waals surface area contributed by atoms with Crippen molar-refractivity contribution >= 4 is 23.5 Å². The first-order chi connectivity index (χ1) is 10.1. The molecule has 1 aromatic rings. The van der Waals surface area contributed by atoms with E-state index in [1.165, 1.54) is 17.2 Å². The van der Waals surface area contributed by atoms with Gasteiger partial charge in [-0.3, -0.25) is 15.1 Å². The second-order valence-electron chi connectivity index (χ2n) is 4.38. The minimum absolute atomic E-state index is 0.0732. The highest BCUT2D eigenvalue weighted by molar-refractivity contribution is 7.98. The molecule has 0 radical (unpaired) electrons. The molecule has 0 saturated heterocycles. The lowest BCUT2D eigenvalue weighted by molar-refractivity contribution is -0.129. The lowest BCUT2D eigenvalue weighted by Gasteiger charge is -2.21. The lowest BCUT2D eigenvalue weighted by Crippen LogP contribution is -2.40. The summed E-state index contributed by atoms with van der Waals surface area (Å²) in [4.78, 5) is 13.6. The van der Waals surface area contributed by atoms with E-state index < -0.39 is 0 Å². The average molecular weight is 307 g/mol. The summed E-state index contributed by atoms with van der Waals surface area (Å²) in [6, 6.07) is 7.48. The van der Waals surface area contributed by atoms with Crippen molar-refractivity contribution in [1.82, 2.24) is 4.90 Å². The number of thioether (sulfide) groups is 1. The van der Waals surface area contributed by atoms with Crippen LogP contribution in [0, 0.1) is 12.3 Å². The predicted octanol–water partition coefficient (Wildman–Crippen LogP) is 2.02. The maximum atomic E-state index is 12.2. The van der Waals surface area contributed by atoms with E-state index in [2.05, 4.69) is 0 Å². The molecular weight excluding hydrogens is 286 g/mol. The van der Waals surface area contributed by atoms with E-state index in [1.807, 2.05) is 37.4 Å². The van der Waals surface area contributed by atoms with E-state index in [-0.39, 0.29) is 18.3 Å². The summed E-state index contributed by atoms with van der Waals surface area (Å²) in [6.07, 6.45) is 4.60. The van der Waals surface area contributed by atoms with Crippen molar-refractivity contribution in [2.24, 2.45) is 5.73 Å². The molecule has 6 heteroatoms. The molecule has 114 valence electrons. The Hall–Kier alpha value is -1.95. The summed E-state index contributed by atoms with van der Waals surface area (Å²) in [6.45, 7) is 2.35. The van der Waals surface area contributed by atoms with Crippen LogP contribution in [0.3, 0.4) is 0 Å². The first-order valence-corrected chi connectivity index (χ1v) is 7.93. The number of hydrogen-bond donors (Lipinski definition) is 2. The van der Waals surface area contributed by atoms with Gasteiger partial charge in [0, 0.05) is 12.3 Å². The highest BCUT2D eigenvalue weighted by atomic mass is 32.2. The van der Waals surface area contributed by atoms with E-state index in [1.54, 1.807) is 11.8 Å². The number of aryl methyl sites for hydroxylation is 1. The average Bonchev–Trinajstić information content (AvgIpc) is 2.47. The molecule has 0 saturated carbocycles. The van der Waals surface area contributed by atoms with Crippen LogP contribution in [-0.4, -0.2) is 41.8 Å². The van der Waals surface area contributed by atoms with E-state index in [9.17, 15) is 4.79 Å². The van der Waals surface area contributed by atoms with E-state index in [0.717, 1.165) is 11.3 Å². The number of benzene rings is 1. The number of amides is 1. The van der Waals surface area contributed by atoms with Gasteiger partial charge in [0.05, 0.1) is 0 Å². The van der Waals surface area contributed by atoms with Gasteiger partial charge in [0.15, 0.2) is 6.61 Å². The number of carbonyl (C=O) groups is 1. The van der Waals surface area contributed by atoms with E-state index in [4.69, 9.17) is 15.9 Å². The molecule has 3 N–H and O–H groups in total. The summed E-state index contributed by atoms with van der Waals surface area (Å²) in [5, 5.41) is 7.84. The Balaban J connectivity index is 2.62. The minimum atomic E-state index is -0.257. The fourth-order valence-electron chi connectivity index (χ4n) is 1.60. The topological polar surface area (TPSA) is 79.4 Å². The molecule has 0 aromatic heterocycles. The van der Waals surface area contributed by atoms with Crippen molar-refractivity contribution in [2.75, 3.05) is 25.2 Å². The normalized spacial score (nSPS) is 10.6. The Morgan fingerprint density at radius 1 is 1.43 bits per heavy atom. The zero-order valence-corrected chi connectivity index (χ0v) is 13.2. The third-order valence-corrected chi connectivity index (χ3v) is 3.34. The summed E-state index contributed by atoms with van der Waals surface area (Å²) in [5.74, 6) is 1.20. The van der Waals surface area contributed by atoms with Crippen molar-refractivity contribution in [3.63, 3.8) is 0 Å². The van der Waals surface area contributed by atoms with Gasteiger partial charge < -0.3 is 10.5 Å². The van der Waals surface area contributed by atoms with Crippen molar-refractivity contribution in [3.8, 4) is 5.75 Å². The molecule has 0 fully saturated rings. The second-order valence-corrected chi connectivity index (χ2v) is 5.37. The molecule has 1 amide bonds. The fourth-order valence-corrected chi connectivity index (χ4v) is 1.97. The molecule has 0 atom stereocenters. The zero-order chi connectivity index (χ0) is 15.7. The molecule has 1 aromatic carbocycles. The quantitative estimate of drug-likeness (QED) is 0.596. The summed E-state index contributed by atoms with van der Waals surface area (Å²) < 4.78 is 5.46. The smallest absolute Gasteiger partial charge is 0.266 e. The van der Waals surface area contributed by atoms with Crippen LogP contribution in [0.2, 0.25) is 0 Å². The predicted molar refractivity (Wildman–Crippen MR) is 87.8 cm³/mol. The summed E-state index contributed by atoms with van der Waals surface area (Å²) in [5.41, 5.74) is 6.41. The van der Waals surface area contributed by atoms with Crippen molar-refractivity contribution in [3.05, 3.63) is 42.1 Å². The van der Waals surface area contributed by atoms with Crippen LogP contribution in [-0.2, 0) is 4.79 Å². The van der Waals surface area contributed by atoms with Gasteiger partial charge in [-0.2, -0.15) is 11.8 Å². The van der Waals surface area contributed by atoms with Crippen LogP contribution in [0.5, 0.6) is 5.75 Å². The molecule has 0 bridgehead atoms. The molecule has 0 aliphatic heterocycles. The molecule has 5 nitrogen and oxygen atoms in total. The number of nitrogens with one attached hydrogen (secondary N) is 1. The van der Waals surface area contributed by atoms with E-state index >= 15 is 0 Å². The van der Waals surface area contributed by atoms with Gasteiger partial charge in [0.2, 0.25) is 0 Å². The van der Waals surface area contributed by atoms with Crippen LogP contribution < -0.4 is 10.5 Å². The number of nitrogens with two attached hydrogens (primary N) is 1. The SMILES string of the molecule is CSCCN(C(=N)/C=C\N)C(=O)COc1ccc(C)cc1. The number of nitrogens with zero attached hydrogens (tertiary/aromatic N) is 1. The van der Waals surface area contributed by atoms with Crippen LogP contribution in [0.4, 0.5) is 0 Å². The number of rotatable bonds is 7.